The summed E-state index contributed by atoms with van der Waals surface area (Å²) in [4.78, 5) is 33.4. The van der Waals surface area contributed by atoms with Crippen molar-refractivity contribution in [3.05, 3.63) is 42.1 Å². The SMILES string of the molecule is CC(C)(C)OC(=O)N1CC[C@@H](Oc2ccnc(-c3cccc(C=O)c3)n2)C1. The molecule has 1 aromatic heterocycles. The van der Waals surface area contributed by atoms with Gasteiger partial charge < -0.3 is 14.4 Å². The van der Waals surface area contributed by atoms with Crippen molar-refractivity contribution in [3.8, 4) is 17.3 Å². The maximum Gasteiger partial charge on any atom is 0.410 e. The number of ether oxygens (including phenoxy) is 2. The molecule has 0 radical (unpaired) electrons. The Morgan fingerprint density at radius 2 is 2.11 bits per heavy atom. The molecule has 1 aromatic carbocycles. The third-order valence-corrected chi connectivity index (χ3v) is 4.00. The number of hydrogen-bond acceptors (Lipinski definition) is 6. The first-order valence-corrected chi connectivity index (χ1v) is 8.87. The summed E-state index contributed by atoms with van der Waals surface area (Å²) < 4.78 is 11.3. The van der Waals surface area contributed by atoms with Crippen LogP contribution in [0.1, 0.15) is 37.6 Å². The van der Waals surface area contributed by atoms with Crippen molar-refractivity contribution in [1.29, 1.82) is 0 Å². The molecule has 1 atom stereocenters. The normalized spacial score (nSPS) is 16.9. The summed E-state index contributed by atoms with van der Waals surface area (Å²) in [5.74, 6) is 0.922. The van der Waals surface area contributed by atoms with Gasteiger partial charge in [-0.3, -0.25) is 4.79 Å². The molecule has 1 aliphatic rings. The van der Waals surface area contributed by atoms with Gasteiger partial charge in [0.15, 0.2) is 5.82 Å². The number of rotatable bonds is 4. The van der Waals surface area contributed by atoms with E-state index in [1.165, 1.54) is 0 Å². The van der Waals surface area contributed by atoms with E-state index in [2.05, 4.69) is 9.97 Å². The van der Waals surface area contributed by atoms with E-state index in [4.69, 9.17) is 9.47 Å². The summed E-state index contributed by atoms with van der Waals surface area (Å²) in [6, 6.07) is 8.76. The Morgan fingerprint density at radius 1 is 1.30 bits per heavy atom. The zero-order valence-corrected chi connectivity index (χ0v) is 15.7. The molecule has 3 rings (SSSR count). The van der Waals surface area contributed by atoms with Crippen LogP contribution in [0.3, 0.4) is 0 Å². The van der Waals surface area contributed by atoms with Crippen LogP contribution in [0.15, 0.2) is 36.5 Å². The van der Waals surface area contributed by atoms with E-state index >= 15 is 0 Å². The topological polar surface area (TPSA) is 81.6 Å². The lowest BCUT2D eigenvalue weighted by atomic mass is 10.1. The predicted octanol–water partition coefficient (Wildman–Crippen LogP) is 3.34. The van der Waals surface area contributed by atoms with E-state index in [0.717, 1.165) is 11.8 Å². The van der Waals surface area contributed by atoms with Crippen LogP contribution in [0.5, 0.6) is 5.88 Å². The molecule has 2 aromatic rings. The van der Waals surface area contributed by atoms with Crippen molar-refractivity contribution in [2.45, 2.75) is 38.9 Å². The molecule has 1 aliphatic heterocycles. The highest BCUT2D eigenvalue weighted by Crippen LogP contribution is 2.22. The third kappa shape index (κ3) is 5.03. The molecule has 7 nitrogen and oxygen atoms in total. The number of likely N-dealkylation sites (tertiary alicyclic amines) is 1. The van der Waals surface area contributed by atoms with Crippen LogP contribution in [-0.2, 0) is 4.74 Å². The van der Waals surface area contributed by atoms with Crippen molar-refractivity contribution in [2.75, 3.05) is 13.1 Å². The Labute approximate surface area is 158 Å². The molecule has 1 fully saturated rings. The number of carbonyl (C=O) groups excluding carboxylic acids is 2. The lowest BCUT2D eigenvalue weighted by molar-refractivity contribution is 0.0275. The average Bonchev–Trinajstić information content (AvgIpc) is 3.09. The molecule has 0 bridgehead atoms. The lowest BCUT2D eigenvalue weighted by Crippen LogP contribution is -2.36. The van der Waals surface area contributed by atoms with E-state index in [1.54, 1.807) is 35.4 Å². The highest BCUT2D eigenvalue weighted by molar-refractivity contribution is 5.77. The van der Waals surface area contributed by atoms with Gasteiger partial charge in [-0.15, -0.1) is 0 Å². The molecular weight excluding hydrogens is 346 g/mol. The third-order valence-electron chi connectivity index (χ3n) is 4.00. The second-order valence-corrected chi connectivity index (χ2v) is 7.42. The highest BCUT2D eigenvalue weighted by Gasteiger charge is 2.31. The van der Waals surface area contributed by atoms with Crippen molar-refractivity contribution < 1.29 is 19.1 Å². The molecule has 0 N–H and O–H groups in total. The number of nitrogens with zero attached hydrogens (tertiary/aromatic N) is 3. The first-order valence-electron chi connectivity index (χ1n) is 8.87. The fraction of sp³-hybridized carbons (Fsp3) is 0.400. The van der Waals surface area contributed by atoms with E-state index in [-0.39, 0.29) is 12.2 Å². The zero-order valence-electron chi connectivity index (χ0n) is 15.7. The lowest BCUT2D eigenvalue weighted by Gasteiger charge is -2.24. The van der Waals surface area contributed by atoms with Crippen LogP contribution in [0.2, 0.25) is 0 Å². The van der Waals surface area contributed by atoms with E-state index in [9.17, 15) is 9.59 Å². The summed E-state index contributed by atoms with van der Waals surface area (Å²) in [6.45, 7) is 6.57. The average molecular weight is 369 g/mol. The molecular formula is C20H23N3O4. The molecule has 27 heavy (non-hydrogen) atoms. The number of benzene rings is 1. The van der Waals surface area contributed by atoms with Crippen LogP contribution < -0.4 is 4.74 Å². The van der Waals surface area contributed by atoms with Gasteiger partial charge in [-0.25, -0.2) is 9.78 Å². The molecule has 142 valence electrons. The van der Waals surface area contributed by atoms with Gasteiger partial charge in [0.2, 0.25) is 5.88 Å². The van der Waals surface area contributed by atoms with Gasteiger partial charge in [0.1, 0.15) is 18.0 Å². The van der Waals surface area contributed by atoms with Crippen LogP contribution in [-0.4, -0.2) is 52.0 Å². The van der Waals surface area contributed by atoms with Gasteiger partial charge in [0.05, 0.1) is 6.54 Å². The molecule has 1 amide bonds. The molecule has 0 unspecified atom stereocenters. The minimum absolute atomic E-state index is 0.151. The van der Waals surface area contributed by atoms with Crippen molar-refractivity contribution in [3.63, 3.8) is 0 Å². The number of amides is 1. The van der Waals surface area contributed by atoms with Gasteiger partial charge in [-0.2, -0.15) is 4.98 Å². The number of hydrogen-bond donors (Lipinski definition) is 0. The van der Waals surface area contributed by atoms with Crippen LogP contribution in [0, 0.1) is 0 Å². The van der Waals surface area contributed by atoms with Crippen LogP contribution >= 0.6 is 0 Å². The Morgan fingerprint density at radius 3 is 2.85 bits per heavy atom. The fourth-order valence-electron chi connectivity index (χ4n) is 2.79. The molecule has 0 saturated carbocycles. The second-order valence-electron chi connectivity index (χ2n) is 7.42. The van der Waals surface area contributed by atoms with E-state index in [0.29, 0.717) is 36.8 Å². The predicted molar refractivity (Wildman–Crippen MR) is 99.7 cm³/mol. The van der Waals surface area contributed by atoms with E-state index in [1.807, 2.05) is 26.8 Å². The summed E-state index contributed by atoms with van der Waals surface area (Å²) in [7, 11) is 0. The van der Waals surface area contributed by atoms with Gasteiger partial charge >= 0.3 is 6.09 Å². The quantitative estimate of drug-likeness (QED) is 0.769. The fourth-order valence-corrected chi connectivity index (χ4v) is 2.79. The summed E-state index contributed by atoms with van der Waals surface area (Å²) >= 11 is 0. The number of aromatic nitrogens is 2. The minimum atomic E-state index is -0.520. The summed E-state index contributed by atoms with van der Waals surface area (Å²) in [5.41, 5.74) is 0.784. The Kier molecular flexibility index (Phi) is 5.39. The maximum absolute atomic E-state index is 12.2. The first-order chi connectivity index (χ1) is 12.8. The number of aldehydes is 1. The molecule has 1 saturated heterocycles. The van der Waals surface area contributed by atoms with Crippen LogP contribution in [0.25, 0.3) is 11.4 Å². The van der Waals surface area contributed by atoms with Gasteiger partial charge in [-0.1, -0.05) is 18.2 Å². The molecule has 7 heteroatoms. The minimum Gasteiger partial charge on any atom is -0.472 e. The standard InChI is InChI=1S/C20H23N3O4/c1-20(2,3)27-19(25)23-10-8-16(12-23)26-17-7-9-21-18(22-17)15-6-4-5-14(11-15)13-24/h4-7,9,11,13,16H,8,10,12H2,1-3H3/t16-/m1/s1. The molecule has 0 spiro atoms. The van der Waals surface area contributed by atoms with Crippen LogP contribution in [0.4, 0.5) is 4.79 Å². The Hall–Kier alpha value is -2.96. The van der Waals surface area contributed by atoms with Crippen molar-refractivity contribution >= 4 is 12.4 Å². The zero-order chi connectivity index (χ0) is 19.4. The van der Waals surface area contributed by atoms with E-state index < -0.39 is 5.60 Å². The summed E-state index contributed by atoms with van der Waals surface area (Å²) in [5, 5.41) is 0. The maximum atomic E-state index is 12.2. The van der Waals surface area contributed by atoms with Crippen molar-refractivity contribution in [2.24, 2.45) is 0 Å². The molecule has 0 aliphatic carbocycles. The monoisotopic (exact) mass is 369 g/mol. The first kappa shape index (κ1) is 18.8. The smallest absolute Gasteiger partial charge is 0.410 e. The van der Waals surface area contributed by atoms with Gasteiger partial charge in [0, 0.05) is 36.4 Å². The van der Waals surface area contributed by atoms with Crippen molar-refractivity contribution in [1.82, 2.24) is 14.9 Å². The molecule has 2 heterocycles. The Balaban J connectivity index is 1.65. The largest absolute Gasteiger partial charge is 0.472 e. The van der Waals surface area contributed by atoms with Gasteiger partial charge in [0.25, 0.3) is 0 Å². The highest BCUT2D eigenvalue weighted by atomic mass is 16.6. The number of carbonyl (C=O) groups is 2. The Bertz CT molecular complexity index is 832. The summed E-state index contributed by atoms with van der Waals surface area (Å²) in [6.07, 6.45) is 2.63. The van der Waals surface area contributed by atoms with Gasteiger partial charge in [-0.05, 0) is 26.8 Å². The second kappa shape index (κ2) is 7.73.